The van der Waals surface area contributed by atoms with Crippen LogP contribution < -0.4 is 0 Å². The van der Waals surface area contributed by atoms with Crippen LogP contribution in [0.2, 0.25) is 0 Å². The molecule has 7 N–H and O–H groups in total. The predicted octanol–water partition coefficient (Wildman–Crippen LogP) is 0.690. The minimum absolute atomic E-state index is 0.0543. The largest absolute Gasteiger partial charge is 0.481 e. The first kappa shape index (κ1) is 34.7. The van der Waals surface area contributed by atoms with Crippen molar-refractivity contribution in [2.45, 2.75) is 140 Å². The van der Waals surface area contributed by atoms with Gasteiger partial charge in [-0.1, -0.05) is 24.5 Å². The van der Waals surface area contributed by atoms with E-state index in [2.05, 4.69) is 31.8 Å². The lowest BCUT2D eigenvalue weighted by Gasteiger charge is -2.57. The second-order valence-corrected chi connectivity index (χ2v) is 14.2. The Bertz CT molecular complexity index is 1170. The molecule has 0 aromatic heterocycles. The van der Waals surface area contributed by atoms with E-state index in [-0.39, 0.29) is 35.2 Å². The average molecular weight is 639 g/mol. The van der Waals surface area contributed by atoms with E-state index < -0.39 is 74.0 Å². The Balaban J connectivity index is 1.33. The molecular weight excluding hydrogens is 588 g/mol. The topological polar surface area (TPSA) is 196 Å². The third kappa shape index (κ3) is 6.46. The number of aliphatic hydroxyl groups is 6. The van der Waals surface area contributed by atoms with Crippen LogP contribution >= 0.6 is 0 Å². The standard InChI is InChI=1S/C33H50O12/c1-5-10-32(3)11-9-20-19(21(32)14-23(35)36)7-6-17-13-18(8-12-33(17,20)4)43-31-29(27(40)25(38)22(15-34)44-31)45-30-28(41)26(39)24(37)16(2)42-30/h6,16,18-22,24-31,34,37-41H,7-9,11-15H2,1-4H3,(H,35,36)/t16-,18-,19?,20?,21?,22+,24-,25+,26+,27-,28+,29+,30-,31+,32-,33-/m0/s1. The minimum atomic E-state index is -1.64. The number of fused-ring (bicyclic) bond motifs is 3. The lowest BCUT2D eigenvalue weighted by molar-refractivity contribution is -0.369. The number of ether oxygens (including phenoxy) is 4. The molecule has 5 aliphatic rings. The molecule has 2 heterocycles. The fourth-order valence-corrected chi connectivity index (χ4v) is 8.85. The summed E-state index contributed by atoms with van der Waals surface area (Å²) in [4.78, 5) is 11.9. The van der Waals surface area contributed by atoms with Crippen LogP contribution in [-0.2, 0) is 23.7 Å². The number of allylic oxidation sites excluding steroid dienone is 1. The summed E-state index contributed by atoms with van der Waals surface area (Å²) in [6, 6.07) is 0. The van der Waals surface area contributed by atoms with Crippen LogP contribution in [0.1, 0.15) is 72.6 Å². The number of aliphatic hydroxyl groups excluding tert-OH is 6. The molecule has 3 unspecified atom stereocenters. The second-order valence-electron chi connectivity index (χ2n) is 14.2. The molecule has 254 valence electrons. The van der Waals surface area contributed by atoms with Crippen LogP contribution in [0, 0.1) is 40.4 Å². The highest BCUT2D eigenvalue weighted by molar-refractivity contribution is 5.67. The number of aliphatic carboxylic acids is 1. The van der Waals surface area contributed by atoms with E-state index in [1.54, 1.807) is 0 Å². The second kappa shape index (κ2) is 13.5. The molecule has 0 spiro atoms. The third-order valence-corrected chi connectivity index (χ3v) is 11.5. The highest BCUT2D eigenvalue weighted by atomic mass is 16.8. The van der Waals surface area contributed by atoms with Gasteiger partial charge in [-0.3, -0.25) is 4.79 Å². The van der Waals surface area contributed by atoms with E-state index in [0.717, 1.165) is 25.7 Å². The Labute approximate surface area is 264 Å². The monoisotopic (exact) mass is 638 g/mol. The van der Waals surface area contributed by atoms with Gasteiger partial charge in [0.1, 0.15) is 42.7 Å². The van der Waals surface area contributed by atoms with E-state index in [4.69, 9.17) is 18.9 Å². The first-order chi connectivity index (χ1) is 21.2. The van der Waals surface area contributed by atoms with Gasteiger partial charge in [-0.25, -0.2) is 0 Å². The summed E-state index contributed by atoms with van der Waals surface area (Å²) < 4.78 is 23.7. The van der Waals surface area contributed by atoms with Crippen LogP contribution in [0.25, 0.3) is 0 Å². The Hall–Kier alpha value is -1.63. The van der Waals surface area contributed by atoms with Crippen molar-refractivity contribution >= 4 is 5.97 Å². The summed E-state index contributed by atoms with van der Waals surface area (Å²) in [5.41, 5.74) is 0.754. The number of carboxylic acids is 1. The third-order valence-electron chi connectivity index (χ3n) is 11.5. The van der Waals surface area contributed by atoms with Gasteiger partial charge >= 0.3 is 5.97 Å². The highest BCUT2D eigenvalue weighted by Crippen LogP contribution is 2.62. The zero-order valence-corrected chi connectivity index (χ0v) is 26.5. The zero-order chi connectivity index (χ0) is 32.8. The van der Waals surface area contributed by atoms with E-state index >= 15 is 0 Å². The minimum Gasteiger partial charge on any atom is -0.481 e. The Morgan fingerprint density at radius 2 is 1.71 bits per heavy atom. The smallest absolute Gasteiger partial charge is 0.303 e. The van der Waals surface area contributed by atoms with Crippen molar-refractivity contribution in [2.24, 2.45) is 28.6 Å². The molecule has 0 bridgehead atoms. The normalized spacial score (nSPS) is 50.0. The van der Waals surface area contributed by atoms with Gasteiger partial charge in [0.25, 0.3) is 0 Å². The van der Waals surface area contributed by atoms with Crippen LogP contribution in [0.5, 0.6) is 0 Å². The number of carbonyl (C=O) groups is 1. The lowest BCUT2D eigenvalue weighted by Crippen LogP contribution is -2.64. The van der Waals surface area contributed by atoms with Crippen molar-refractivity contribution in [1.29, 1.82) is 0 Å². The summed E-state index contributed by atoms with van der Waals surface area (Å²) >= 11 is 0. The van der Waals surface area contributed by atoms with Crippen molar-refractivity contribution in [1.82, 2.24) is 0 Å². The summed E-state index contributed by atoms with van der Waals surface area (Å²) in [6.45, 7) is 7.11. The van der Waals surface area contributed by atoms with Gasteiger partial charge in [-0.2, -0.15) is 0 Å². The molecule has 5 rings (SSSR count). The summed E-state index contributed by atoms with van der Waals surface area (Å²) in [6.07, 6.45) is -7.17. The van der Waals surface area contributed by atoms with Crippen molar-refractivity contribution in [2.75, 3.05) is 6.61 Å². The fourth-order valence-electron chi connectivity index (χ4n) is 8.85. The summed E-state index contributed by atoms with van der Waals surface area (Å²) in [5.74, 6) is 6.06. The molecule has 0 radical (unpaired) electrons. The summed E-state index contributed by atoms with van der Waals surface area (Å²) in [7, 11) is 0. The van der Waals surface area contributed by atoms with Crippen molar-refractivity contribution in [3.05, 3.63) is 11.6 Å². The molecule has 0 aromatic carbocycles. The van der Waals surface area contributed by atoms with Gasteiger partial charge in [-0.15, -0.1) is 5.92 Å². The zero-order valence-electron chi connectivity index (χ0n) is 26.5. The number of hydrogen-bond acceptors (Lipinski definition) is 11. The van der Waals surface area contributed by atoms with Crippen LogP contribution in [0.3, 0.4) is 0 Å². The summed E-state index contributed by atoms with van der Waals surface area (Å²) in [5, 5.41) is 72.1. The molecule has 2 saturated carbocycles. The first-order valence-corrected chi connectivity index (χ1v) is 16.2. The molecule has 0 amide bonds. The fraction of sp³-hybridized carbons (Fsp3) is 0.848. The molecule has 12 nitrogen and oxygen atoms in total. The number of rotatable bonds is 7. The molecule has 2 saturated heterocycles. The van der Waals surface area contributed by atoms with Gasteiger partial charge in [0.15, 0.2) is 12.6 Å². The molecule has 12 heteroatoms. The molecular formula is C33H50O12. The first-order valence-electron chi connectivity index (χ1n) is 16.2. The van der Waals surface area contributed by atoms with Gasteiger partial charge in [0, 0.05) is 11.8 Å². The highest BCUT2D eigenvalue weighted by Gasteiger charge is 2.56. The Morgan fingerprint density at radius 1 is 0.978 bits per heavy atom. The molecule has 4 fully saturated rings. The Kier molecular flexibility index (Phi) is 10.4. The molecule has 3 aliphatic carbocycles. The molecule has 0 aromatic rings. The lowest BCUT2D eigenvalue weighted by atomic mass is 9.47. The van der Waals surface area contributed by atoms with Gasteiger partial charge in [0.2, 0.25) is 0 Å². The maximum Gasteiger partial charge on any atom is 0.303 e. The molecule has 45 heavy (non-hydrogen) atoms. The van der Waals surface area contributed by atoms with E-state index in [1.807, 2.05) is 6.92 Å². The van der Waals surface area contributed by atoms with Crippen LogP contribution in [-0.4, -0.2) is 116 Å². The van der Waals surface area contributed by atoms with Crippen molar-refractivity contribution < 1.29 is 59.5 Å². The maximum atomic E-state index is 11.9. The van der Waals surface area contributed by atoms with E-state index in [0.29, 0.717) is 18.8 Å². The van der Waals surface area contributed by atoms with E-state index in [1.165, 1.54) is 12.5 Å². The van der Waals surface area contributed by atoms with Crippen molar-refractivity contribution in [3.63, 3.8) is 0 Å². The Morgan fingerprint density at radius 3 is 2.38 bits per heavy atom. The van der Waals surface area contributed by atoms with Crippen LogP contribution in [0.4, 0.5) is 0 Å². The SMILES string of the molecule is CC#C[C@@]1(C)CCC2C(CC=C3C[C@@H](O[C@@H]4O[C@H](CO)[C@@H](O)[C@H](O)[C@H]4O[C@@H]4O[C@@H](C)[C@H](O)[C@@H](O)[C@H]4O)CC[C@@]32C)C1CC(=O)O. The quantitative estimate of drug-likeness (QED) is 0.153. The number of carboxylic acid groups (broad SMARTS) is 1. The van der Waals surface area contributed by atoms with Gasteiger partial charge in [-0.05, 0) is 82.5 Å². The van der Waals surface area contributed by atoms with Gasteiger partial charge in [0.05, 0.1) is 18.8 Å². The molecule has 16 atom stereocenters. The number of hydrogen-bond donors (Lipinski definition) is 7. The van der Waals surface area contributed by atoms with Crippen LogP contribution in [0.15, 0.2) is 11.6 Å². The molecule has 2 aliphatic heterocycles. The average Bonchev–Trinajstić information content (AvgIpc) is 2.99. The van der Waals surface area contributed by atoms with Crippen molar-refractivity contribution in [3.8, 4) is 11.8 Å². The van der Waals surface area contributed by atoms with E-state index in [9.17, 15) is 40.5 Å². The predicted molar refractivity (Wildman–Crippen MR) is 158 cm³/mol. The van der Waals surface area contributed by atoms with Gasteiger partial charge < -0.3 is 54.7 Å². The maximum absolute atomic E-state index is 11.9.